The molecule has 0 aliphatic rings. The number of carbonyl (C=O) groups is 1. The summed E-state index contributed by atoms with van der Waals surface area (Å²) < 4.78 is 9.95. The molecule has 0 heterocycles. The van der Waals surface area contributed by atoms with Crippen LogP contribution in [0.1, 0.15) is 26.2 Å². The van der Waals surface area contributed by atoms with Gasteiger partial charge >= 0.3 is 5.97 Å². The zero-order valence-corrected chi connectivity index (χ0v) is 9.62. The second-order valence-electron chi connectivity index (χ2n) is 3.08. The quantitative estimate of drug-likeness (QED) is 0.268. The fourth-order valence-corrected chi connectivity index (χ4v) is 1.08. The highest BCUT2D eigenvalue weighted by molar-refractivity contribution is 5.88. The molecule has 0 fully saturated rings. The molecule has 3 nitrogen and oxygen atoms in total. The number of allylic oxidation sites excluding steroid dienone is 1. The van der Waals surface area contributed by atoms with Crippen LogP contribution in [0.3, 0.4) is 0 Å². The summed E-state index contributed by atoms with van der Waals surface area (Å²) in [6.07, 6.45) is 6.24. The number of hydrogen-bond acceptors (Lipinski definition) is 3. The van der Waals surface area contributed by atoms with Crippen LogP contribution in [0.25, 0.3) is 0 Å². The van der Waals surface area contributed by atoms with Crippen LogP contribution in [-0.2, 0) is 14.3 Å². The first-order valence-corrected chi connectivity index (χ1v) is 5.22. The first-order chi connectivity index (χ1) is 7.26. The van der Waals surface area contributed by atoms with Gasteiger partial charge in [-0.05, 0) is 25.3 Å². The van der Waals surface area contributed by atoms with Crippen molar-refractivity contribution < 1.29 is 14.3 Å². The fourth-order valence-electron chi connectivity index (χ4n) is 1.08. The smallest absolute Gasteiger partial charge is 0.333 e. The predicted molar refractivity (Wildman–Crippen MR) is 60.6 cm³/mol. The van der Waals surface area contributed by atoms with Crippen molar-refractivity contribution in [3.05, 3.63) is 24.3 Å². The van der Waals surface area contributed by atoms with E-state index in [1.54, 1.807) is 6.08 Å². The van der Waals surface area contributed by atoms with Gasteiger partial charge in [-0.1, -0.05) is 13.0 Å². The molecular formula is C12H20O3. The molecule has 0 aliphatic carbocycles. The predicted octanol–water partition coefficient (Wildman–Crippen LogP) is 2.48. The molecule has 0 N–H and O–H groups in total. The zero-order valence-electron chi connectivity index (χ0n) is 9.62. The summed E-state index contributed by atoms with van der Waals surface area (Å²) in [6.45, 7) is 6.71. The molecule has 0 rings (SSSR count). The van der Waals surface area contributed by atoms with Crippen LogP contribution in [0.15, 0.2) is 24.3 Å². The Bertz CT molecular complexity index is 219. The Morgan fingerprint density at radius 2 is 2.20 bits per heavy atom. The topological polar surface area (TPSA) is 35.5 Å². The van der Waals surface area contributed by atoms with Gasteiger partial charge in [-0.25, -0.2) is 4.79 Å². The van der Waals surface area contributed by atoms with Crippen LogP contribution in [0.5, 0.6) is 0 Å². The Labute approximate surface area is 91.8 Å². The van der Waals surface area contributed by atoms with Crippen LogP contribution in [-0.4, -0.2) is 26.3 Å². The Hall–Kier alpha value is -1.09. The Balaban J connectivity index is 3.71. The first kappa shape index (κ1) is 13.9. The highest BCUT2D eigenvalue weighted by atomic mass is 16.5. The van der Waals surface area contributed by atoms with Crippen molar-refractivity contribution in [2.24, 2.45) is 0 Å². The lowest BCUT2D eigenvalue weighted by Gasteiger charge is -2.03. The van der Waals surface area contributed by atoms with Crippen molar-refractivity contribution in [1.82, 2.24) is 0 Å². The van der Waals surface area contributed by atoms with Gasteiger partial charge in [0.15, 0.2) is 0 Å². The molecule has 0 spiro atoms. The van der Waals surface area contributed by atoms with Gasteiger partial charge < -0.3 is 9.47 Å². The van der Waals surface area contributed by atoms with Gasteiger partial charge in [-0.15, -0.1) is 6.58 Å². The maximum absolute atomic E-state index is 11.1. The van der Waals surface area contributed by atoms with E-state index in [1.807, 2.05) is 13.0 Å². The van der Waals surface area contributed by atoms with Crippen LogP contribution in [0.4, 0.5) is 0 Å². The summed E-state index contributed by atoms with van der Waals surface area (Å²) in [4.78, 5) is 11.1. The molecule has 86 valence electrons. The van der Waals surface area contributed by atoms with Gasteiger partial charge in [0.2, 0.25) is 0 Å². The van der Waals surface area contributed by atoms with Gasteiger partial charge in [0.1, 0.15) is 0 Å². The average molecular weight is 212 g/mol. The average Bonchev–Trinajstić information content (AvgIpc) is 2.27. The van der Waals surface area contributed by atoms with E-state index >= 15 is 0 Å². The summed E-state index contributed by atoms with van der Waals surface area (Å²) >= 11 is 0. The maximum Gasteiger partial charge on any atom is 0.333 e. The van der Waals surface area contributed by atoms with Crippen LogP contribution < -0.4 is 0 Å². The second kappa shape index (κ2) is 9.46. The molecule has 0 aromatic carbocycles. The summed E-state index contributed by atoms with van der Waals surface area (Å²) in [7, 11) is 1.39. The van der Waals surface area contributed by atoms with Crippen LogP contribution in [0.2, 0.25) is 0 Å². The van der Waals surface area contributed by atoms with E-state index in [4.69, 9.17) is 4.74 Å². The van der Waals surface area contributed by atoms with Crippen molar-refractivity contribution >= 4 is 5.97 Å². The highest BCUT2D eigenvalue weighted by Crippen LogP contribution is 2.02. The third-order valence-corrected chi connectivity index (χ3v) is 1.97. The third kappa shape index (κ3) is 6.91. The molecule has 0 atom stereocenters. The highest BCUT2D eigenvalue weighted by Gasteiger charge is 2.05. The molecule has 0 bridgehead atoms. The minimum absolute atomic E-state index is 0.271. The minimum atomic E-state index is -0.271. The van der Waals surface area contributed by atoms with E-state index in [1.165, 1.54) is 7.11 Å². The second-order valence-corrected chi connectivity index (χ2v) is 3.08. The molecule has 0 amide bonds. The number of methoxy groups -OCH3 is 1. The van der Waals surface area contributed by atoms with Gasteiger partial charge in [-0.2, -0.15) is 0 Å². The van der Waals surface area contributed by atoms with Gasteiger partial charge in [0.05, 0.1) is 13.7 Å². The Morgan fingerprint density at radius 3 is 2.73 bits per heavy atom. The van der Waals surface area contributed by atoms with Crippen molar-refractivity contribution in [2.75, 3.05) is 20.3 Å². The third-order valence-electron chi connectivity index (χ3n) is 1.97. The molecule has 0 aliphatic heterocycles. The zero-order chi connectivity index (χ0) is 11.5. The first-order valence-electron chi connectivity index (χ1n) is 5.22. The summed E-state index contributed by atoms with van der Waals surface area (Å²) in [6, 6.07) is 0. The van der Waals surface area contributed by atoms with E-state index in [2.05, 4.69) is 11.3 Å². The summed E-state index contributed by atoms with van der Waals surface area (Å²) in [5.74, 6) is -0.271. The number of esters is 1. The number of carbonyl (C=O) groups excluding carboxylic acids is 1. The van der Waals surface area contributed by atoms with E-state index in [-0.39, 0.29) is 5.97 Å². The number of ether oxygens (including phenoxy) is 2. The molecule has 0 saturated carbocycles. The molecule has 0 unspecified atom stereocenters. The van der Waals surface area contributed by atoms with Gasteiger partial charge in [0, 0.05) is 12.2 Å². The van der Waals surface area contributed by atoms with Gasteiger partial charge in [0.25, 0.3) is 0 Å². The monoisotopic (exact) mass is 212 g/mol. The van der Waals surface area contributed by atoms with Crippen molar-refractivity contribution in [3.63, 3.8) is 0 Å². The molecule has 0 aromatic heterocycles. The normalized spacial score (nSPS) is 11.2. The van der Waals surface area contributed by atoms with E-state index < -0.39 is 0 Å². The fraction of sp³-hybridized carbons (Fsp3) is 0.583. The molecule has 0 aromatic rings. The minimum Gasteiger partial charge on any atom is -0.466 e. The molecule has 15 heavy (non-hydrogen) atoms. The van der Waals surface area contributed by atoms with E-state index in [0.717, 1.165) is 12.8 Å². The lowest BCUT2D eigenvalue weighted by molar-refractivity contribution is -0.136. The van der Waals surface area contributed by atoms with Crippen LogP contribution >= 0.6 is 0 Å². The summed E-state index contributed by atoms with van der Waals surface area (Å²) in [5, 5.41) is 0. The van der Waals surface area contributed by atoms with Crippen molar-refractivity contribution in [1.29, 1.82) is 0 Å². The summed E-state index contributed by atoms with van der Waals surface area (Å²) in [5.41, 5.74) is 0.668. The number of hydrogen-bond donors (Lipinski definition) is 0. The lowest BCUT2D eigenvalue weighted by Crippen LogP contribution is -2.05. The largest absolute Gasteiger partial charge is 0.466 e. The standard InChI is InChI=1S/C12H20O3/c1-4-6-7-9-15-10-8-11(5-2)12(13)14-3/h4,8H,1,5-7,9-10H2,2-3H3. The molecule has 0 saturated heterocycles. The molecule has 3 heteroatoms. The van der Waals surface area contributed by atoms with Crippen LogP contribution in [0, 0.1) is 0 Å². The Morgan fingerprint density at radius 1 is 1.47 bits per heavy atom. The molecular weight excluding hydrogens is 192 g/mol. The maximum atomic E-state index is 11.1. The van der Waals surface area contributed by atoms with E-state index in [9.17, 15) is 4.79 Å². The van der Waals surface area contributed by atoms with Crippen molar-refractivity contribution in [2.45, 2.75) is 26.2 Å². The van der Waals surface area contributed by atoms with Crippen molar-refractivity contribution in [3.8, 4) is 0 Å². The lowest BCUT2D eigenvalue weighted by atomic mass is 10.2. The molecule has 0 radical (unpaired) electrons. The Kier molecular flexibility index (Phi) is 8.78. The SMILES string of the molecule is C=CCCCOCC=C(CC)C(=O)OC. The number of rotatable bonds is 8. The number of unbranched alkanes of at least 4 members (excludes halogenated alkanes) is 1. The van der Waals surface area contributed by atoms with E-state index in [0.29, 0.717) is 25.2 Å². The van der Waals surface area contributed by atoms with Gasteiger partial charge in [-0.3, -0.25) is 0 Å².